The lowest BCUT2D eigenvalue weighted by molar-refractivity contribution is -0.132. The number of carbonyl (C=O) groups is 1. The van der Waals surface area contributed by atoms with Crippen molar-refractivity contribution in [2.75, 3.05) is 0 Å². The fourth-order valence-electron chi connectivity index (χ4n) is 0.434. The van der Waals surface area contributed by atoms with Gasteiger partial charge in [-0.15, -0.1) is 0 Å². The molecule has 0 amide bonds. The van der Waals surface area contributed by atoms with Crippen molar-refractivity contribution in [3.8, 4) is 6.07 Å². The molecule has 4 heteroatoms. The predicted molar refractivity (Wildman–Crippen MR) is 34.8 cm³/mol. The van der Waals surface area contributed by atoms with Gasteiger partial charge in [0, 0.05) is 5.70 Å². The summed E-state index contributed by atoms with van der Waals surface area (Å²) >= 11 is 0. The maximum Gasteiger partial charge on any atom is 0.348 e. The fourth-order valence-corrected chi connectivity index (χ4v) is 0.434. The van der Waals surface area contributed by atoms with Crippen LogP contribution < -0.4 is 5.73 Å². The molecular weight excluding hydrogens is 132 g/mol. The van der Waals surface area contributed by atoms with Gasteiger partial charge in [-0.3, -0.25) is 0 Å². The number of nitrogens with two attached hydrogens (primary N) is 1. The van der Waals surface area contributed by atoms with Gasteiger partial charge in [-0.25, -0.2) is 4.79 Å². The molecule has 0 radical (unpaired) electrons. The molecule has 4 nitrogen and oxygen atoms in total. The van der Waals surface area contributed by atoms with Crippen molar-refractivity contribution in [1.29, 1.82) is 5.26 Å². The molecule has 0 fully saturated rings. The fraction of sp³-hybridized carbons (Fsp3) is 0.333. The number of allylic oxidation sites excluding steroid dienone is 1. The average Bonchev–Trinajstić information content (AvgIpc) is 1.88. The molecule has 0 unspecified atom stereocenters. The van der Waals surface area contributed by atoms with Crippen molar-refractivity contribution >= 4 is 5.97 Å². The van der Waals surface area contributed by atoms with Gasteiger partial charge in [-0.05, 0) is 6.42 Å². The molecule has 0 rings (SSSR count). The van der Waals surface area contributed by atoms with Crippen molar-refractivity contribution in [2.24, 2.45) is 5.73 Å². The van der Waals surface area contributed by atoms with Gasteiger partial charge < -0.3 is 10.8 Å². The SMILES string of the molecule is CCC(N)=C(C#N)C(=O)O. The first-order valence-electron chi connectivity index (χ1n) is 2.75. The lowest BCUT2D eigenvalue weighted by Gasteiger charge is -1.95. The molecule has 0 saturated heterocycles. The minimum atomic E-state index is -1.26. The summed E-state index contributed by atoms with van der Waals surface area (Å²) in [5.41, 5.74) is 4.97. The third-order valence-electron chi connectivity index (χ3n) is 1.03. The Labute approximate surface area is 58.6 Å². The largest absolute Gasteiger partial charge is 0.477 e. The van der Waals surface area contributed by atoms with Crippen molar-refractivity contribution in [3.63, 3.8) is 0 Å². The highest BCUT2D eigenvalue weighted by molar-refractivity contribution is 5.91. The van der Waals surface area contributed by atoms with E-state index in [1.165, 1.54) is 6.07 Å². The summed E-state index contributed by atoms with van der Waals surface area (Å²) in [5, 5.41) is 16.5. The van der Waals surface area contributed by atoms with E-state index >= 15 is 0 Å². The van der Waals surface area contributed by atoms with Crippen LogP contribution in [0.15, 0.2) is 11.3 Å². The Morgan fingerprint density at radius 2 is 2.30 bits per heavy atom. The number of hydrogen-bond acceptors (Lipinski definition) is 3. The molecule has 0 heterocycles. The average molecular weight is 140 g/mol. The van der Waals surface area contributed by atoms with Crippen molar-refractivity contribution in [2.45, 2.75) is 13.3 Å². The van der Waals surface area contributed by atoms with Crippen molar-refractivity contribution < 1.29 is 9.90 Å². The number of carboxylic acid groups (broad SMARTS) is 1. The van der Waals surface area contributed by atoms with E-state index in [2.05, 4.69) is 0 Å². The summed E-state index contributed by atoms with van der Waals surface area (Å²) in [4.78, 5) is 10.2. The quantitative estimate of drug-likeness (QED) is 0.424. The van der Waals surface area contributed by atoms with Crippen LogP contribution in [-0.2, 0) is 4.79 Å². The molecule has 0 aromatic carbocycles. The number of rotatable bonds is 2. The van der Waals surface area contributed by atoms with Crippen LogP contribution in [0.4, 0.5) is 0 Å². The van der Waals surface area contributed by atoms with Crippen LogP contribution in [0.3, 0.4) is 0 Å². The molecule has 0 aliphatic rings. The summed E-state index contributed by atoms with van der Waals surface area (Å²) in [6.07, 6.45) is 0.384. The third kappa shape index (κ3) is 1.78. The van der Waals surface area contributed by atoms with Crippen LogP contribution in [-0.4, -0.2) is 11.1 Å². The zero-order valence-electron chi connectivity index (χ0n) is 5.59. The van der Waals surface area contributed by atoms with E-state index < -0.39 is 5.97 Å². The summed E-state index contributed by atoms with van der Waals surface area (Å²) < 4.78 is 0. The molecule has 54 valence electrons. The van der Waals surface area contributed by atoms with Gasteiger partial charge in [0.1, 0.15) is 6.07 Å². The van der Waals surface area contributed by atoms with E-state index in [4.69, 9.17) is 16.1 Å². The zero-order valence-corrected chi connectivity index (χ0v) is 5.59. The van der Waals surface area contributed by atoms with Crippen molar-refractivity contribution in [1.82, 2.24) is 0 Å². The van der Waals surface area contributed by atoms with E-state index in [1.807, 2.05) is 0 Å². The number of nitriles is 1. The van der Waals surface area contributed by atoms with Gasteiger partial charge in [-0.1, -0.05) is 6.92 Å². The number of hydrogen-bond donors (Lipinski definition) is 2. The smallest absolute Gasteiger partial charge is 0.348 e. The highest BCUT2D eigenvalue weighted by atomic mass is 16.4. The minimum absolute atomic E-state index is 0.120. The normalized spacial score (nSPS) is 11.6. The van der Waals surface area contributed by atoms with Crippen LogP contribution in [0.2, 0.25) is 0 Å². The summed E-state index contributed by atoms with van der Waals surface area (Å²) in [6, 6.07) is 1.51. The van der Waals surface area contributed by atoms with Gasteiger partial charge in [0.05, 0.1) is 0 Å². The lowest BCUT2D eigenvalue weighted by Crippen LogP contribution is -2.08. The number of nitrogens with zero attached hydrogens (tertiary/aromatic N) is 1. The molecule has 0 aliphatic heterocycles. The highest BCUT2D eigenvalue weighted by Crippen LogP contribution is 2.00. The Balaban J connectivity index is 4.68. The Hall–Kier alpha value is -1.50. The molecule has 0 aromatic heterocycles. The van der Waals surface area contributed by atoms with Gasteiger partial charge in [0.25, 0.3) is 0 Å². The molecule has 0 spiro atoms. The van der Waals surface area contributed by atoms with Gasteiger partial charge in [0.2, 0.25) is 0 Å². The van der Waals surface area contributed by atoms with Crippen LogP contribution in [0.5, 0.6) is 0 Å². The molecular formula is C6H8N2O2. The highest BCUT2D eigenvalue weighted by Gasteiger charge is 2.08. The third-order valence-corrected chi connectivity index (χ3v) is 1.03. The van der Waals surface area contributed by atoms with Gasteiger partial charge >= 0.3 is 5.97 Å². The van der Waals surface area contributed by atoms with E-state index in [-0.39, 0.29) is 11.3 Å². The summed E-state index contributed by atoms with van der Waals surface area (Å²) in [7, 11) is 0. The van der Waals surface area contributed by atoms with E-state index in [1.54, 1.807) is 6.92 Å². The zero-order chi connectivity index (χ0) is 8.15. The second kappa shape index (κ2) is 3.51. The topological polar surface area (TPSA) is 87.1 Å². The van der Waals surface area contributed by atoms with Crippen LogP contribution >= 0.6 is 0 Å². The molecule has 10 heavy (non-hydrogen) atoms. The van der Waals surface area contributed by atoms with E-state index in [9.17, 15) is 4.79 Å². The first kappa shape index (κ1) is 8.50. The predicted octanol–water partition coefficient (Wildman–Crippen LogP) is 0.217. The first-order valence-corrected chi connectivity index (χ1v) is 2.75. The molecule has 0 atom stereocenters. The van der Waals surface area contributed by atoms with Crippen LogP contribution in [0, 0.1) is 11.3 Å². The maximum absolute atomic E-state index is 10.2. The summed E-state index contributed by atoms with van der Waals surface area (Å²) in [6.45, 7) is 1.69. The molecule has 0 bridgehead atoms. The van der Waals surface area contributed by atoms with Crippen LogP contribution in [0.25, 0.3) is 0 Å². The molecule has 3 N–H and O–H groups in total. The van der Waals surface area contributed by atoms with E-state index in [0.717, 1.165) is 0 Å². The monoisotopic (exact) mass is 140 g/mol. The Morgan fingerprint density at radius 1 is 1.80 bits per heavy atom. The minimum Gasteiger partial charge on any atom is -0.477 e. The second-order valence-corrected chi connectivity index (χ2v) is 1.67. The summed E-state index contributed by atoms with van der Waals surface area (Å²) in [5.74, 6) is -1.26. The van der Waals surface area contributed by atoms with Crippen LogP contribution in [0.1, 0.15) is 13.3 Å². The molecule has 0 aliphatic carbocycles. The number of aliphatic carboxylic acids is 1. The second-order valence-electron chi connectivity index (χ2n) is 1.67. The maximum atomic E-state index is 10.2. The Kier molecular flexibility index (Phi) is 2.98. The van der Waals surface area contributed by atoms with Crippen molar-refractivity contribution in [3.05, 3.63) is 11.3 Å². The first-order chi connectivity index (χ1) is 4.63. The Bertz CT molecular complexity index is 212. The van der Waals surface area contributed by atoms with E-state index in [0.29, 0.717) is 6.42 Å². The molecule has 0 saturated carbocycles. The standard InChI is InChI=1S/C6H8N2O2/c1-2-5(8)4(3-7)6(9)10/h2,8H2,1H3,(H,9,10). The van der Waals surface area contributed by atoms with Gasteiger partial charge in [-0.2, -0.15) is 5.26 Å². The lowest BCUT2D eigenvalue weighted by atomic mass is 10.2. The van der Waals surface area contributed by atoms with Gasteiger partial charge in [0.15, 0.2) is 5.57 Å². The number of carboxylic acids is 1. The molecule has 0 aromatic rings. The Morgan fingerprint density at radius 3 is 2.40 bits per heavy atom.